The van der Waals surface area contributed by atoms with Gasteiger partial charge in [0.15, 0.2) is 0 Å². The Balaban J connectivity index is 1.92. The quantitative estimate of drug-likeness (QED) is 0.832. The Labute approximate surface area is 112 Å². The summed E-state index contributed by atoms with van der Waals surface area (Å²) in [6.07, 6.45) is 4.07. The fourth-order valence-electron chi connectivity index (χ4n) is 2.86. The molecule has 1 heterocycles. The zero-order chi connectivity index (χ0) is 13.0. The molecule has 1 saturated carbocycles. The van der Waals surface area contributed by atoms with E-state index in [1.165, 1.54) is 0 Å². The van der Waals surface area contributed by atoms with Crippen LogP contribution in [0, 0.1) is 11.8 Å². The average molecular weight is 271 g/mol. The maximum Gasteiger partial charge on any atom is 0.306 e. The van der Waals surface area contributed by atoms with Crippen molar-refractivity contribution in [1.82, 2.24) is 4.90 Å². The summed E-state index contributed by atoms with van der Waals surface area (Å²) in [5.41, 5.74) is 0. The summed E-state index contributed by atoms with van der Waals surface area (Å²) in [4.78, 5) is 25.4. The van der Waals surface area contributed by atoms with Crippen LogP contribution in [0.2, 0.25) is 0 Å². The first kappa shape index (κ1) is 13.7. The lowest BCUT2D eigenvalue weighted by Gasteiger charge is -2.30. The molecule has 0 aromatic rings. The van der Waals surface area contributed by atoms with Gasteiger partial charge >= 0.3 is 5.97 Å². The fourth-order valence-corrected chi connectivity index (χ4v) is 3.75. The van der Waals surface area contributed by atoms with Crippen LogP contribution in [0.5, 0.6) is 0 Å². The number of carbonyl (C=O) groups excluding carboxylic acids is 1. The summed E-state index contributed by atoms with van der Waals surface area (Å²) in [6, 6.07) is 0. The van der Waals surface area contributed by atoms with Gasteiger partial charge < -0.3 is 10.0 Å². The Morgan fingerprint density at radius 1 is 1.06 bits per heavy atom. The molecular weight excluding hydrogens is 250 g/mol. The van der Waals surface area contributed by atoms with Crippen molar-refractivity contribution in [1.29, 1.82) is 0 Å². The minimum atomic E-state index is -0.737. The molecule has 1 amide bonds. The van der Waals surface area contributed by atoms with Crippen LogP contribution in [0.15, 0.2) is 0 Å². The molecule has 2 atom stereocenters. The normalized spacial score (nSPS) is 29.7. The third kappa shape index (κ3) is 3.40. The first-order chi connectivity index (χ1) is 8.68. The monoisotopic (exact) mass is 271 g/mol. The lowest BCUT2D eigenvalue weighted by atomic mass is 9.80. The Hall–Kier alpha value is -0.710. The van der Waals surface area contributed by atoms with Gasteiger partial charge in [-0.15, -0.1) is 0 Å². The molecule has 0 bridgehead atoms. The van der Waals surface area contributed by atoms with E-state index in [4.69, 9.17) is 5.11 Å². The number of carboxylic acid groups (broad SMARTS) is 1. The first-order valence-corrected chi connectivity index (χ1v) is 7.93. The smallest absolute Gasteiger partial charge is 0.306 e. The lowest BCUT2D eigenvalue weighted by Crippen LogP contribution is -2.40. The van der Waals surface area contributed by atoms with Crippen molar-refractivity contribution in [3.63, 3.8) is 0 Å². The summed E-state index contributed by atoms with van der Waals surface area (Å²) in [5.74, 6) is 1.24. The summed E-state index contributed by atoms with van der Waals surface area (Å²) in [6.45, 7) is 1.68. The van der Waals surface area contributed by atoms with Gasteiger partial charge in [-0.1, -0.05) is 6.42 Å². The highest BCUT2D eigenvalue weighted by molar-refractivity contribution is 7.99. The van der Waals surface area contributed by atoms with Crippen molar-refractivity contribution in [3.05, 3.63) is 0 Å². The fraction of sp³-hybridized carbons (Fsp3) is 0.846. The molecular formula is C13H21NO3S. The molecule has 4 nitrogen and oxygen atoms in total. The zero-order valence-corrected chi connectivity index (χ0v) is 11.5. The number of carboxylic acids is 1. The molecule has 102 valence electrons. The van der Waals surface area contributed by atoms with Gasteiger partial charge in [-0.25, -0.2) is 0 Å². The number of hydrogen-bond acceptors (Lipinski definition) is 3. The molecule has 0 spiro atoms. The third-order valence-electron chi connectivity index (χ3n) is 3.91. The van der Waals surface area contributed by atoms with Gasteiger partial charge in [-0.05, 0) is 31.4 Å². The molecule has 18 heavy (non-hydrogen) atoms. The molecule has 0 aromatic heterocycles. The predicted molar refractivity (Wildman–Crippen MR) is 71.6 cm³/mol. The molecule has 2 aliphatic rings. The second-order valence-electron chi connectivity index (χ2n) is 5.19. The number of rotatable bonds is 2. The van der Waals surface area contributed by atoms with Gasteiger partial charge in [0.1, 0.15) is 0 Å². The average Bonchev–Trinajstić information content (AvgIpc) is 2.67. The van der Waals surface area contributed by atoms with Gasteiger partial charge in [-0.3, -0.25) is 9.59 Å². The summed E-state index contributed by atoms with van der Waals surface area (Å²) >= 11 is 1.90. The molecule has 2 fully saturated rings. The van der Waals surface area contributed by atoms with Crippen LogP contribution in [-0.4, -0.2) is 46.5 Å². The van der Waals surface area contributed by atoms with Gasteiger partial charge in [0, 0.05) is 24.8 Å². The third-order valence-corrected chi connectivity index (χ3v) is 4.96. The van der Waals surface area contributed by atoms with E-state index >= 15 is 0 Å². The number of nitrogens with zero attached hydrogens (tertiary/aromatic N) is 1. The Bertz CT molecular complexity index is 313. The van der Waals surface area contributed by atoms with Crippen LogP contribution in [0.3, 0.4) is 0 Å². The van der Waals surface area contributed by atoms with Crippen LogP contribution in [0.25, 0.3) is 0 Å². The van der Waals surface area contributed by atoms with Crippen LogP contribution in [-0.2, 0) is 9.59 Å². The molecule has 1 aliphatic carbocycles. The molecule has 1 N–H and O–H groups in total. The molecule has 1 saturated heterocycles. The minimum Gasteiger partial charge on any atom is -0.481 e. The number of hydrogen-bond donors (Lipinski definition) is 1. The van der Waals surface area contributed by atoms with Gasteiger partial charge in [0.05, 0.1) is 5.92 Å². The minimum absolute atomic E-state index is 0.0528. The standard InChI is InChI=1S/C13H21NO3S/c15-12(14-5-2-7-18-8-6-14)10-3-1-4-11(9-10)13(16)17/h10-11H,1-9H2,(H,16,17). The van der Waals surface area contributed by atoms with Crippen molar-refractivity contribution in [3.8, 4) is 0 Å². The van der Waals surface area contributed by atoms with E-state index in [0.29, 0.717) is 6.42 Å². The molecule has 1 aliphatic heterocycles. The van der Waals surface area contributed by atoms with E-state index in [-0.39, 0.29) is 17.7 Å². The second kappa shape index (κ2) is 6.45. The van der Waals surface area contributed by atoms with Crippen molar-refractivity contribution in [2.75, 3.05) is 24.6 Å². The topological polar surface area (TPSA) is 57.6 Å². The number of carbonyl (C=O) groups is 2. The van der Waals surface area contributed by atoms with Gasteiger partial charge in [-0.2, -0.15) is 11.8 Å². The van der Waals surface area contributed by atoms with Gasteiger partial charge in [0.25, 0.3) is 0 Å². The lowest BCUT2D eigenvalue weighted by molar-refractivity contribution is -0.145. The van der Waals surface area contributed by atoms with E-state index in [9.17, 15) is 9.59 Å². The summed E-state index contributed by atoms with van der Waals surface area (Å²) in [7, 11) is 0. The van der Waals surface area contributed by atoms with E-state index in [1.54, 1.807) is 0 Å². The van der Waals surface area contributed by atoms with E-state index in [0.717, 1.165) is 50.3 Å². The Morgan fingerprint density at radius 2 is 1.83 bits per heavy atom. The number of aliphatic carboxylic acids is 1. The highest BCUT2D eigenvalue weighted by Gasteiger charge is 2.33. The van der Waals surface area contributed by atoms with E-state index < -0.39 is 5.97 Å². The SMILES string of the molecule is O=C(O)C1CCCC(C(=O)N2CCCSCC2)C1. The molecule has 0 aromatic carbocycles. The van der Waals surface area contributed by atoms with Crippen LogP contribution < -0.4 is 0 Å². The van der Waals surface area contributed by atoms with Crippen LogP contribution >= 0.6 is 11.8 Å². The van der Waals surface area contributed by atoms with Crippen molar-refractivity contribution in [2.24, 2.45) is 11.8 Å². The zero-order valence-electron chi connectivity index (χ0n) is 10.6. The van der Waals surface area contributed by atoms with Crippen molar-refractivity contribution in [2.45, 2.75) is 32.1 Å². The highest BCUT2D eigenvalue weighted by atomic mass is 32.2. The van der Waals surface area contributed by atoms with Crippen molar-refractivity contribution < 1.29 is 14.7 Å². The number of amides is 1. The van der Waals surface area contributed by atoms with E-state index in [1.807, 2.05) is 16.7 Å². The molecule has 5 heteroatoms. The number of thioether (sulfide) groups is 1. The van der Waals surface area contributed by atoms with E-state index in [2.05, 4.69) is 0 Å². The summed E-state index contributed by atoms with van der Waals surface area (Å²) in [5, 5.41) is 9.06. The summed E-state index contributed by atoms with van der Waals surface area (Å²) < 4.78 is 0. The largest absolute Gasteiger partial charge is 0.481 e. The van der Waals surface area contributed by atoms with Crippen molar-refractivity contribution >= 4 is 23.6 Å². The second-order valence-corrected chi connectivity index (χ2v) is 6.41. The first-order valence-electron chi connectivity index (χ1n) is 6.78. The predicted octanol–water partition coefficient (Wildman–Crippen LogP) is 1.84. The van der Waals surface area contributed by atoms with Gasteiger partial charge in [0.2, 0.25) is 5.91 Å². The maximum atomic E-state index is 12.4. The molecule has 0 radical (unpaired) electrons. The molecule has 2 unspecified atom stereocenters. The van der Waals surface area contributed by atoms with Crippen LogP contribution in [0.1, 0.15) is 32.1 Å². The Morgan fingerprint density at radius 3 is 2.61 bits per heavy atom. The highest BCUT2D eigenvalue weighted by Crippen LogP contribution is 2.31. The van der Waals surface area contributed by atoms with Crippen LogP contribution in [0.4, 0.5) is 0 Å². The molecule has 2 rings (SSSR count). The Kier molecular flexibility index (Phi) is 4.92. The maximum absolute atomic E-state index is 12.4.